The summed E-state index contributed by atoms with van der Waals surface area (Å²) in [5.74, 6) is -0.857. The molecule has 0 unspecified atom stereocenters. The molecule has 3 rings (SSSR count). The van der Waals surface area contributed by atoms with E-state index < -0.39 is 21.7 Å². The maximum Gasteiger partial charge on any atom is 0.267 e. The molecule has 1 saturated heterocycles. The van der Waals surface area contributed by atoms with E-state index in [0.29, 0.717) is 23.4 Å². The van der Waals surface area contributed by atoms with Crippen LogP contribution in [0.3, 0.4) is 0 Å². The van der Waals surface area contributed by atoms with Gasteiger partial charge >= 0.3 is 0 Å². The number of aromatic amines is 2. The first kappa shape index (κ1) is 18.4. The Bertz CT molecular complexity index is 1010. The number of hydrogen-bond donors (Lipinski definition) is 3. The third-order valence-corrected chi connectivity index (χ3v) is 6.80. The van der Waals surface area contributed by atoms with Gasteiger partial charge in [-0.25, -0.2) is 8.42 Å². The summed E-state index contributed by atoms with van der Waals surface area (Å²) in [6, 6.07) is -0.229. The highest BCUT2D eigenvalue weighted by Crippen LogP contribution is 2.34. The molecule has 26 heavy (non-hydrogen) atoms. The van der Waals surface area contributed by atoms with Crippen LogP contribution in [0.15, 0.2) is 4.79 Å². The van der Waals surface area contributed by atoms with Gasteiger partial charge in [0.05, 0.1) is 23.2 Å². The van der Waals surface area contributed by atoms with Crippen LogP contribution in [0.1, 0.15) is 53.0 Å². The zero-order chi connectivity index (χ0) is 19.2. The lowest BCUT2D eigenvalue weighted by molar-refractivity contribution is -0.118. The van der Waals surface area contributed by atoms with Gasteiger partial charge in [-0.15, -0.1) is 0 Å². The lowest BCUT2D eigenvalue weighted by Gasteiger charge is -2.17. The van der Waals surface area contributed by atoms with Gasteiger partial charge in [-0.05, 0) is 27.2 Å². The molecule has 2 atom stereocenters. The van der Waals surface area contributed by atoms with Crippen molar-refractivity contribution in [2.45, 2.75) is 45.6 Å². The fourth-order valence-electron chi connectivity index (χ4n) is 3.93. The van der Waals surface area contributed by atoms with Gasteiger partial charge in [0.2, 0.25) is 5.91 Å². The number of sulfone groups is 1. The van der Waals surface area contributed by atoms with Gasteiger partial charge in [-0.3, -0.25) is 19.4 Å². The molecule has 2 aromatic rings. The second-order valence-corrected chi connectivity index (χ2v) is 9.16. The average Bonchev–Trinajstić information content (AvgIpc) is 3.14. The van der Waals surface area contributed by atoms with Crippen LogP contribution in [-0.4, -0.2) is 45.8 Å². The molecule has 0 aliphatic carbocycles. The summed E-state index contributed by atoms with van der Waals surface area (Å²) in [5.41, 5.74) is 8.40. The van der Waals surface area contributed by atoms with E-state index in [-0.39, 0.29) is 29.5 Å². The molecule has 0 aromatic carbocycles. The highest BCUT2D eigenvalue weighted by molar-refractivity contribution is 7.91. The van der Waals surface area contributed by atoms with Gasteiger partial charge in [0.15, 0.2) is 9.84 Å². The number of hydrogen-bond acceptors (Lipinski definition) is 5. The predicted molar refractivity (Wildman–Crippen MR) is 95.8 cm³/mol. The van der Waals surface area contributed by atoms with Crippen molar-refractivity contribution in [1.82, 2.24) is 20.0 Å². The van der Waals surface area contributed by atoms with E-state index >= 15 is 0 Å². The number of carbonyl (C=O) groups excluding carboxylic acids is 1. The molecule has 2 aromatic heterocycles. The van der Waals surface area contributed by atoms with E-state index in [0.717, 1.165) is 11.3 Å². The number of rotatable bonds is 5. The largest absolute Gasteiger partial charge is 0.370 e. The smallest absolute Gasteiger partial charge is 0.267 e. The molecule has 1 amide bonds. The van der Waals surface area contributed by atoms with Crippen LogP contribution in [0.2, 0.25) is 0 Å². The molecular weight excluding hydrogens is 358 g/mol. The molecule has 3 heterocycles. The number of carbonyl (C=O) groups is 1. The topological polar surface area (TPSA) is 144 Å². The number of primary amides is 1. The van der Waals surface area contributed by atoms with Gasteiger partial charge in [-0.1, -0.05) is 0 Å². The maximum absolute atomic E-state index is 12.3. The molecule has 0 spiro atoms. The van der Waals surface area contributed by atoms with Crippen molar-refractivity contribution >= 4 is 15.7 Å². The minimum Gasteiger partial charge on any atom is -0.370 e. The van der Waals surface area contributed by atoms with Crippen LogP contribution in [-0.2, 0) is 14.6 Å². The Labute approximate surface area is 150 Å². The molecule has 1 aliphatic heterocycles. The lowest BCUT2D eigenvalue weighted by atomic mass is 9.87. The van der Waals surface area contributed by atoms with Crippen molar-refractivity contribution < 1.29 is 13.2 Å². The maximum atomic E-state index is 12.3. The number of aryl methyl sites for hydroxylation is 2. The van der Waals surface area contributed by atoms with Crippen LogP contribution < -0.4 is 11.3 Å². The van der Waals surface area contributed by atoms with E-state index in [1.54, 1.807) is 18.5 Å². The second-order valence-electron chi connectivity index (χ2n) is 6.93. The molecule has 9 nitrogen and oxygen atoms in total. The monoisotopic (exact) mass is 381 g/mol. The summed E-state index contributed by atoms with van der Waals surface area (Å²) in [6.45, 7) is 5.39. The lowest BCUT2D eigenvalue weighted by Crippen LogP contribution is -2.22. The third-order valence-electron chi connectivity index (χ3n) is 5.05. The Kier molecular flexibility index (Phi) is 4.55. The van der Waals surface area contributed by atoms with Crippen molar-refractivity contribution in [2.75, 3.05) is 11.5 Å². The van der Waals surface area contributed by atoms with Crippen LogP contribution in [0.4, 0.5) is 0 Å². The zero-order valence-electron chi connectivity index (χ0n) is 15.0. The number of nitrogens with two attached hydrogens (primary N) is 1. The first-order valence-electron chi connectivity index (χ1n) is 8.42. The summed E-state index contributed by atoms with van der Waals surface area (Å²) in [4.78, 5) is 23.9. The van der Waals surface area contributed by atoms with Crippen LogP contribution >= 0.6 is 0 Å². The summed E-state index contributed by atoms with van der Waals surface area (Å²) in [6.07, 6.45) is 0.478. The molecular formula is C16H23N5O4S. The number of amides is 1. The van der Waals surface area contributed by atoms with Crippen molar-refractivity contribution in [3.63, 3.8) is 0 Å². The van der Waals surface area contributed by atoms with Crippen molar-refractivity contribution in [3.05, 3.63) is 38.6 Å². The van der Waals surface area contributed by atoms with E-state index in [1.807, 2.05) is 6.92 Å². The second kappa shape index (κ2) is 6.42. The summed E-state index contributed by atoms with van der Waals surface area (Å²) >= 11 is 0. The zero-order valence-corrected chi connectivity index (χ0v) is 15.8. The molecule has 142 valence electrons. The van der Waals surface area contributed by atoms with Crippen molar-refractivity contribution in [1.29, 1.82) is 0 Å². The predicted octanol–water partition coefficient (Wildman–Crippen LogP) is 0.192. The molecule has 0 radical (unpaired) electrons. The van der Waals surface area contributed by atoms with Gasteiger partial charge < -0.3 is 10.8 Å². The van der Waals surface area contributed by atoms with Crippen LogP contribution in [0.5, 0.6) is 0 Å². The molecule has 4 N–H and O–H groups in total. The third kappa shape index (κ3) is 3.20. The van der Waals surface area contributed by atoms with Crippen molar-refractivity contribution in [2.24, 2.45) is 5.73 Å². The Morgan fingerprint density at radius 1 is 1.31 bits per heavy atom. The highest BCUT2D eigenvalue weighted by Gasteiger charge is 2.34. The van der Waals surface area contributed by atoms with E-state index in [1.165, 1.54) is 0 Å². The Balaban J connectivity index is 2.11. The van der Waals surface area contributed by atoms with Gasteiger partial charge in [0.1, 0.15) is 0 Å². The fraction of sp³-hybridized carbons (Fsp3) is 0.562. The van der Waals surface area contributed by atoms with E-state index in [2.05, 4.69) is 15.3 Å². The number of aromatic nitrogens is 4. The Hall–Kier alpha value is -2.36. The normalized spacial score (nSPS) is 20.3. The minimum absolute atomic E-state index is 0.0297. The van der Waals surface area contributed by atoms with Crippen LogP contribution in [0, 0.1) is 20.8 Å². The summed E-state index contributed by atoms with van der Waals surface area (Å²) in [7, 11) is -3.05. The summed E-state index contributed by atoms with van der Waals surface area (Å²) < 4.78 is 25.4. The Morgan fingerprint density at radius 3 is 2.50 bits per heavy atom. The standard InChI is InChI=1S/C16H23N5O4S/c1-8-15(16(23)19-18-8)12(6-13(17)22)14-9(2)20-21(10(14)3)11-4-5-26(24,25)7-11/h11-12H,4-7H2,1-3H3,(H2,17,22)(H2,18,19,23)/t11-,12+/m0/s1. The van der Waals surface area contributed by atoms with E-state index in [4.69, 9.17) is 5.73 Å². The minimum atomic E-state index is -3.05. The van der Waals surface area contributed by atoms with E-state index in [9.17, 15) is 18.0 Å². The number of nitrogens with one attached hydrogen (secondary N) is 2. The number of H-pyrrole nitrogens is 2. The first-order chi connectivity index (χ1) is 12.1. The molecule has 0 saturated carbocycles. The van der Waals surface area contributed by atoms with Gasteiger partial charge in [0, 0.05) is 34.9 Å². The molecule has 1 aliphatic rings. The first-order valence-corrected chi connectivity index (χ1v) is 10.2. The van der Waals surface area contributed by atoms with Crippen LogP contribution in [0.25, 0.3) is 0 Å². The number of nitrogens with zero attached hydrogens (tertiary/aromatic N) is 2. The van der Waals surface area contributed by atoms with Crippen molar-refractivity contribution in [3.8, 4) is 0 Å². The fourth-order valence-corrected chi connectivity index (χ4v) is 5.62. The highest BCUT2D eigenvalue weighted by atomic mass is 32.2. The average molecular weight is 381 g/mol. The summed E-state index contributed by atoms with van der Waals surface area (Å²) in [5, 5.41) is 9.84. The molecule has 1 fully saturated rings. The van der Waals surface area contributed by atoms with Gasteiger partial charge in [-0.2, -0.15) is 5.10 Å². The Morgan fingerprint density at radius 2 is 2.00 bits per heavy atom. The SMILES string of the molecule is Cc1nn([C@H]2CCS(=O)(=O)C2)c(C)c1[C@@H](CC(N)=O)c1c(C)[nH][nH]c1=O. The molecule has 10 heteroatoms. The van der Waals surface area contributed by atoms with Gasteiger partial charge in [0.25, 0.3) is 5.56 Å². The quantitative estimate of drug-likeness (QED) is 0.677. The molecule has 0 bridgehead atoms.